The van der Waals surface area contributed by atoms with Gasteiger partial charge in [0, 0.05) is 41.6 Å². The molecule has 0 aliphatic carbocycles. The van der Waals surface area contributed by atoms with Gasteiger partial charge in [-0.15, -0.1) is 0 Å². The number of hydrogen-bond acceptors (Lipinski definition) is 4. The molecule has 0 aromatic heterocycles. The molecule has 0 unspecified atom stereocenters. The van der Waals surface area contributed by atoms with E-state index < -0.39 is 0 Å². The Balaban J connectivity index is 2.03. The lowest BCUT2D eigenvalue weighted by Gasteiger charge is -2.27. The molecule has 1 aliphatic rings. The van der Waals surface area contributed by atoms with Gasteiger partial charge in [-0.2, -0.15) is 5.26 Å². The van der Waals surface area contributed by atoms with Crippen LogP contribution >= 0.6 is 22.6 Å². The SMILES string of the molecule is N#C/C(=C/Nc1ccc(I)cc1)C(=O)N1CCNCC1. The van der Waals surface area contributed by atoms with Crippen molar-refractivity contribution < 1.29 is 4.79 Å². The van der Waals surface area contributed by atoms with Gasteiger partial charge in [-0.05, 0) is 46.9 Å². The fraction of sp³-hybridized carbons (Fsp3) is 0.286. The monoisotopic (exact) mass is 382 g/mol. The van der Waals surface area contributed by atoms with Crippen molar-refractivity contribution in [3.8, 4) is 6.07 Å². The van der Waals surface area contributed by atoms with Crippen molar-refractivity contribution in [2.24, 2.45) is 0 Å². The summed E-state index contributed by atoms with van der Waals surface area (Å²) in [5, 5.41) is 15.3. The molecule has 104 valence electrons. The first kappa shape index (κ1) is 14.8. The molecule has 1 fully saturated rings. The van der Waals surface area contributed by atoms with Crippen LogP contribution in [0.15, 0.2) is 36.0 Å². The van der Waals surface area contributed by atoms with Crippen molar-refractivity contribution in [2.45, 2.75) is 0 Å². The van der Waals surface area contributed by atoms with Crippen LogP contribution < -0.4 is 10.6 Å². The molecule has 0 radical (unpaired) electrons. The summed E-state index contributed by atoms with van der Waals surface area (Å²) in [5.74, 6) is -0.216. The van der Waals surface area contributed by atoms with Crippen molar-refractivity contribution in [2.75, 3.05) is 31.5 Å². The number of carbonyl (C=O) groups is 1. The summed E-state index contributed by atoms with van der Waals surface area (Å²) in [5.41, 5.74) is 0.983. The second-order valence-electron chi connectivity index (χ2n) is 4.36. The van der Waals surface area contributed by atoms with Gasteiger partial charge in [-0.1, -0.05) is 0 Å². The van der Waals surface area contributed by atoms with Crippen LogP contribution in [-0.4, -0.2) is 37.0 Å². The van der Waals surface area contributed by atoms with Crippen molar-refractivity contribution in [1.82, 2.24) is 10.2 Å². The van der Waals surface area contributed by atoms with Crippen molar-refractivity contribution in [3.05, 3.63) is 39.6 Å². The number of carbonyl (C=O) groups excluding carboxylic acids is 1. The Morgan fingerprint density at radius 3 is 2.60 bits per heavy atom. The highest BCUT2D eigenvalue weighted by atomic mass is 127. The van der Waals surface area contributed by atoms with Crippen molar-refractivity contribution in [1.29, 1.82) is 5.26 Å². The molecular formula is C14H15IN4O. The summed E-state index contributed by atoms with van der Waals surface area (Å²) in [6.45, 7) is 2.83. The second-order valence-corrected chi connectivity index (χ2v) is 5.61. The number of nitriles is 1. The Hall–Kier alpha value is -1.59. The summed E-state index contributed by atoms with van der Waals surface area (Å²) in [7, 11) is 0. The quantitative estimate of drug-likeness (QED) is 0.473. The highest BCUT2D eigenvalue weighted by molar-refractivity contribution is 14.1. The van der Waals surface area contributed by atoms with Gasteiger partial charge >= 0.3 is 0 Å². The van der Waals surface area contributed by atoms with Gasteiger partial charge in [-0.25, -0.2) is 0 Å². The minimum absolute atomic E-state index is 0.130. The lowest BCUT2D eigenvalue weighted by Crippen LogP contribution is -2.46. The van der Waals surface area contributed by atoms with E-state index in [0.717, 1.165) is 22.3 Å². The first-order valence-corrected chi connectivity index (χ1v) is 7.41. The number of piperazine rings is 1. The summed E-state index contributed by atoms with van der Waals surface area (Å²) in [6.07, 6.45) is 1.48. The maximum absolute atomic E-state index is 12.2. The fourth-order valence-electron chi connectivity index (χ4n) is 1.88. The summed E-state index contributed by atoms with van der Waals surface area (Å²) < 4.78 is 1.13. The fourth-order valence-corrected chi connectivity index (χ4v) is 2.24. The van der Waals surface area contributed by atoms with Crippen LogP contribution in [0.4, 0.5) is 5.69 Å². The Labute approximate surface area is 131 Å². The number of benzene rings is 1. The Morgan fingerprint density at radius 2 is 2.00 bits per heavy atom. The molecule has 1 amide bonds. The summed E-state index contributed by atoms with van der Waals surface area (Å²) in [6, 6.07) is 9.70. The van der Waals surface area contributed by atoms with Crippen LogP contribution in [0.2, 0.25) is 0 Å². The molecule has 0 atom stereocenters. The molecule has 1 aliphatic heterocycles. The Morgan fingerprint density at radius 1 is 1.35 bits per heavy atom. The third-order valence-electron chi connectivity index (χ3n) is 2.98. The van der Waals surface area contributed by atoms with E-state index in [4.69, 9.17) is 5.26 Å². The number of rotatable bonds is 3. The Bertz CT molecular complexity index is 541. The molecule has 0 saturated carbocycles. The highest BCUT2D eigenvalue weighted by Crippen LogP contribution is 2.12. The molecule has 1 heterocycles. The molecule has 2 rings (SSSR count). The van der Waals surface area contributed by atoms with E-state index in [0.29, 0.717) is 13.1 Å². The maximum atomic E-state index is 12.2. The molecule has 20 heavy (non-hydrogen) atoms. The highest BCUT2D eigenvalue weighted by Gasteiger charge is 2.19. The van der Waals surface area contributed by atoms with Crippen LogP contribution in [0.25, 0.3) is 0 Å². The molecule has 5 nitrogen and oxygen atoms in total. The predicted octanol–water partition coefficient (Wildman–Crippen LogP) is 1.54. The molecule has 1 aromatic rings. The number of halogens is 1. The van der Waals surface area contributed by atoms with Crippen molar-refractivity contribution in [3.63, 3.8) is 0 Å². The number of hydrogen-bond donors (Lipinski definition) is 2. The van der Waals surface area contributed by atoms with E-state index in [-0.39, 0.29) is 11.5 Å². The van der Waals surface area contributed by atoms with E-state index in [9.17, 15) is 4.79 Å². The van der Waals surface area contributed by atoms with Gasteiger partial charge in [0.2, 0.25) is 0 Å². The molecule has 0 bridgehead atoms. The normalized spacial score (nSPS) is 15.6. The van der Waals surface area contributed by atoms with Crippen LogP contribution in [0.1, 0.15) is 0 Å². The third kappa shape index (κ3) is 3.95. The summed E-state index contributed by atoms with van der Waals surface area (Å²) in [4.78, 5) is 13.9. The first-order valence-electron chi connectivity index (χ1n) is 6.33. The standard InChI is InChI=1S/C14H15IN4O/c15-12-1-3-13(4-2-12)18-10-11(9-16)14(20)19-7-5-17-6-8-19/h1-4,10,17-18H,5-8H2/b11-10-. The minimum atomic E-state index is -0.216. The second kappa shape index (κ2) is 7.26. The molecule has 6 heteroatoms. The van der Waals surface area contributed by atoms with Gasteiger partial charge in [0.05, 0.1) is 0 Å². The average Bonchev–Trinajstić information content (AvgIpc) is 2.50. The average molecular weight is 382 g/mol. The maximum Gasteiger partial charge on any atom is 0.266 e. The van der Waals surface area contributed by atoms with Crippen molar-refractivity contribution >= 4 is 34.2 Å². The minimum Gasteiger partial charge on any atom is -0.360 e. The van der Waals surface area contributed by atoms with Gasteiger partial charge in [0.25, 0.3) is 5.91 Å². The molecule has 2 N–H and O–H groups in total. The van der Waals surface area contributed by atoms with Gasteiger partial charge in [-0.3, -0.25) is 4.79 Å². The first-order chi connectivity index (χ1) is 9.70. The largest absolute Gasteiger partial charge is 0.360 e. The molecular weight excluding hydrogens is 367 g/mol. The zero-order valence-electron chi connectivity index (χ0n) is 10.9. The predicted molar refractivity (Wildman–Crippen MR) is 85.9 cm³/mol. The summed E-state index contributed by atoms with van der Waals surface area (Å²) >= 11 is 2.22. The number of anilines is 1. The smallest absolute Gasteiger partial charge is 0.266 e. The molecule has 1 aromatic carbocycles. The number of nitrogens with zero attached hydrogens (tertiary/aromatic N) is 2. The van der Waals surface area contributed by atoms with Gasteiger partial charge in [0.1, 0.15) is 11.6 Å². The van der Waals surface area contributed by atoms with E-state index in [1.54, 1.807) is 4.90 Å². The van der Waals surface area contributed by atoms with E-state index in [1.165, 1.54) is 6.20 Å². The number of amides is 1. The zero-order valence-corrected chi connectivity index (χ0v) is 13.1. The van der Waals surface area contributed by atoms with Gasteiger partial charge < -0.3 is 15.5 Å². The topological polar surface area (TPSA) is 68.2 Å². The molecule has 1 saturated heterocycles. The lowest BCUT2D eigenvalue weighted by atomic mass is 10.2. The number of nitrogens with one attached hydrogen (secondary N) is 2. The van der Waals surface area contributed by atoms with Crippen LogP contribution in [0.5, 0.6) is 0 Å². The molecule has 0 spiro atoms. The van der Waals surface area contributed by atoms with E-state index in [1.807, 2.05) is 30.3 Å². The van der Waals surface area contributed by atoms with E-state index >= 15 is 0 Å². The van der Waals surface area contributed by atoms with Gasteiger partial charge in [0.15, 0.2) is 0 Å². The third-order valence-corrected chi connectivity index (χ3v) is 3.70. The zero-order chi connectivity index (χ0) is 14.4. The van der Waals surface area contributed by atoms with Crippen LogP contribution in [0, 0.1) is 14.9 Å². The Kier molecular flexibility index (Phi) is 5.38. The van der Waals surface area contributed by atoms with Crippen LogP contribution in [-0.2, 0) is 4.79 Å². The van der Waals surface area contributed by atoms with E-state index in [2.05, 4.69) is 33.2 Å². The lowest BCUT2D eigenvalue weighted by molar-refractivity contribution is -0.127. The van der Waals surface area contributed by atoms with Crippen LogP contribution in [0.3, 0.4) is 0 Å².